The Hall–Kier alpha value is -3.33. The first-order chi connectivity index (χ1) is 17.5. The minimum Gasteiger partial charge on any atom is -0.388 e. The van der Waals surface area contributed by atoms with Crippen LogP contribution in [-0.2, 0) is 16.1 Å². The molecule has 0 radical (unpaired) electrons. The number of nitrogens with one attached hydrogen (secondary N) is 1. The number of hydrogen-bond donors (Lipinski definition) is 1. The monoisotopic (exact) mass is 510 g/mol. The van der Waals surface area contributed by atoms with E-state index in [0.29, 0.717) is 69.3 Å². The fourth-order valence-electron chi connectivity index (χ4n) is 5.01. The highest BCUT2D eigenvalue weighted by Gasteiger charge is 2.45. The lowest BCUT2D eigenvalue weighted by molar-refractivity contribution is -0.124. The third-order valence-corrected chi connectivity index (χ3v) is 7.53. The molecule has 3 aliphatic heterocycles. The van der Waals surface area contributed by atoms with Gasteiger partial charge < -0.3 is 24.9 Å². The average Bonchev–Trinajstić information content (AvgIpc) is 3.32. The topological polar surface area (TPSA) is 90.4 Å². The number of halogens is 1. The molecule has 2 fully saturated rings. The molecule has 0 atom stereocenters. The lowest BCUT2D eigenvalue weighted by Gasteiger charge is -2.37. The SMILES string of the molecule is CCc1cccc(NC(=O)N2CCC3(CC2)CC(C(=O)N2CCN(c4ncccc4Cl)CC2)=NO3)c1. The number of nitrogens with zero attached hydrogens (tertiary/aromatic N) is 5. The molecule has 1 aromatic heterocycles. The maximum absolute atomic E-state index is 13.1. The van der Waals surface area contributed by atoms with Crippen LogP contribution in [0, 0.1) is 0 Å². The van der Waals surface area contributed by atoms with Crippen LogP contribution in [0.15, 0.2) is 47.8 Å². The summed E-state index contributed by atoms with van der Waals surface area (Å²) in [5, 5.41) is 7.80. The van der Waals surface area contributed by atoms with Crippen LogP contribution in [0.1, 0.15) is 31.7 Å². The lowest BCUT2D eigenvalue weighted by atomic mass is 9.86. The van der Waals surface area contributed by atoms with Crippen LogP contribution >= 0.6 is 11.6 Å². The van der Waals surface area contributed by atoms with Crippen molar-refractivity contribution in [2.75, 3.05) is 49.5 Å². The predicted octanol–water partition coefficient (Wildman–Crippen LogP) is 3.79. The Morgan fingerprint density at radius 1 is 1.06 bits per heavy atom. The molecule has 36 heavy (non-hydrogen) atoms. The van der Waals surface area contributed by atoms with Crippen molar-refractivity contribution in [3.63, 3.8) is 0 Å². The maximum Gasteiger partial charge on any atom is 0.321 e. The lowest BCUT2D eigenvalue weighted by Crippen LogP contribution is -2.52. The number of hydrogen-bond acceptors (Lipinski definition) is 6. The Morgan fingerprint density at radius 2 is 1.83 bits per heavy atom. The molecular weight excluding hydrogens is 480 g/mol. The number of carbonyl (C=O) groups is 2. The summed E-state index contributed by atoms with van der Waals surface area (Å²) in [6.45, 7) is 5.67. The van der Waals surface area contributed by atoms with Gasteiger partial charge in [-0.3, -0.25) is 4.79 Å². The second kappa shape index (κ2) is 10.3. The Labute approximate surface area is 216 Å². The molecule has 190 valence electrons. The standard InChI is InChI=1S/C26H31ClN6O3/c1-2-19-5-3-6-20(17-19)29-25(35)33-11-8-26(9-12-33)18-22(30-36-26)24(34)32-15-13-31(14-16-32)23-21(27)7-4-10-28-23/h3-7,10,17H,2,8-9,11-16,18H2,1H3,(H,29,35). The van der Waals surface area contributed by atoms with E-state index in [9.17, 15) is 9.59 Å². The van der Waals surface area contributed by atoms with Crippen LogP contribution in [-0.4, -0.2) is 77.3 Å². The molecule has 1 N–H and O–H groups in total. The Bertz CT molecular complexity index is 1160. The summed E-state index contributed by atoms with van der Waals surface area (Å²) in [4.78, 5) is 41.8. The number of piperidine rings is 1. The van der Waals surface area contributed by atoms with Gasteiger partial charge in [-0.05, 0) is 36.2 Å². The van der Waals surface area contributed by atoms with Gasteiger partial charge >= 0.3 is 6.03 Å². The quantitative estimate of drug-likeness (QED) is 0.676. The van der Waals surface area contributed by atoms with Crippen LogP contribution < -0.4 is 10.2 Å². The van der Waals surface area contributed by atoms with Gasteiger partial charge in [-0.25, -0.2) is 9.78 Å². The molecule has 3 amide bonds. The number of aryl methyl sites for hydroxylation is 1. The van der Waals surface area contributed by atoms with Crippen molar-refractivity contribution in [1.82, 2.24) is 14.8 Å². The largest absolute Gasteiger partial charge is 0.388 e. The average molecular weight is 511 g/mol. The van der Waals surface area contributed by atoms with Crippen LogP contribution in [0.3, 0.4) is 0 Å². The van der Waals surface area contributed by atoms with Gasteiger partial charge in [-0.2, -0.15) is 0 Å². The van der Waals surface area contributed by atoms with E-state index in [1.54, 1.807) is 11.1 Å². The van der Waals surface area contributed by atoms with E-state index in [0.717, 1.165) is 17.9 Å². The Kier molecular flexibility index (Phi) is 7.00. The van der Waals surface area contributed by atoms with Gasteiger partial charge in [0.05, 0.1) is 5.02 Å². The van der Waals surface area contributed by atoms with Crippen LogP contribution in [0.2, 0.25) is 5.02 Å². The molecule has 0 saturated carbocycles. The zero-order valence-corrected chi connectivity index (χ0v) is 21.2. The summed E-state index contributed by atoms with van der Waals surface area (Å²) in [7, 11) is 0. The van der Waals surface area contributed by atoms with Crippen molar-refractivity contribution in [1.29, 1.82) is 0 Å². The zero-order chi connectivity index (χ0) is 25.1. The number of anilines is 2. The number of amides is 3. The summed E-state index contributed by atoms with van der Waals surface area (Å²) in [6.07, 6.45) is 4.40. The Morgan fingerprint density at radius 3 is 2.56 bits per heavy atom. The zero-order valence-electron chi connectivity index (χ0n) is 20.5. The number of rotatable bonds is 4. The number of likely N-dealkylation sites (tertiary alicyclic amines) is 1. The minimum atomic E-state index is -0.507. The van der Waals surface area contributed by atoms with Gasteiger partial charge in [0.2, 0.25) is 0 Å². The molecule has 3 aliphatic rings. The highest BCUT2D eigenvalue weighted by atomic mass is 35.5. The van der Waals surface area contributed by atoms with E-state index in [1.165, 1.54) is 5.56 Å². The molecule has 1 spiro atoms. The first kappa shape index (κ1) is 24.4. The van der Waals surface area contributed by atoms with Crippen LogP contribution in [0.4, 0.5) is 16.3 Å². The first-order valence-electron chi connectivity index (χ1n) is 12.5. The third kappa shape index (κ3) is 5.11. The summed E-state index contributed by atoms with van der Waals surface area (Å²) in [5.41, 5.74) is 1.95. The number of urea groups is 1. The highest BCUT2D eigenvalue weighted by molar-refractivity contribution is 6.39. The van der Waals surface area contributed by atoms with Gasteiger partial charge in [0.25, 0.3) is 5.91 Å². The molecule has 10 heteroatoms. The number of benzene rings is 1. The number of pyridine rings is 1. The van der Waals surface area contributed by atoms with Crippen LogP contribution in [0.25, 0.3) is 0 Å². The maximum atomic E-state index is 13.1. The van der Waals surface area contributed by atoms with E-state index >= 15 is 0 Å². The van der Waals surface area contributed by atoms with Crippen molar-refractivity contribution in [2.45, 2.75) is 38.2 Å². The molecule has 0 unspecified atom stereocenters. The van der Waals surface area contributed by atoms with Crippen molar-refractivity contribution >= 4 is 40.8 Å². The van der Waals surface area contributed by atoms with Crippen molar-refractivity contribution in [3.8, 4) is 0 Å². The van der Waals surface area contributed by atoms with Gasteiger partial charge in [-0.1, -0.05) is 35.8 Å². The number of aromatic nitrogens is 1. The fourth-order valence-corrected chi connectivity index (χ4v) is 5.25. The van der Waals surface area contributed by atoms with E-state index in [4.69, 9.17) is 16.4 Å². The number of oxime groups is 1. The van der Waals surface area contributed by atoms with Gasteiger partial charge in [0, 0.05) is 70.4 Å². The Balaban J connectivity index is 1.10. The van der Waals surface area contributed by atoms with Gasteiger partial charge in [-0.15, -0.1) is 0 Å². The highest BCUT2D eigenvalue weighted by Crippen LogP contribution is 2.35. The fraction of sp³-hybridized carbons (Fsp3) is 0.462. The molecule has 5 rings (SSSR count). The first-order valence-corrected chi connectivity index (χ1v) is 12.9. The second-order valence-electron chi connectivity index (χ2n) is 9.55. The second-order valence-corrected chi connectivity index (χ2v) is 9.96. The van der Waals surface area contributed by atoms with E-state index in [2.05, 4.69) is 27.3 Å². The van der Waals surface area contributed by atoms with E-state index in [1.807, 2.05) is 41.3 Å². The molecule has 0 bridgehead atoms. The number of piperazine rings is 1. The molecule has 0 aliphatic carbocycles. The molecule has 2 saturated heterocycles. The summed E-state index contributed by atoms with van der Waals surface area (Å²) in [6, 6.07) is 11.4. The number of carbonyl (C=O) groups excluding carboxylic acids is 2. The summed E-state index contributed by atoms with van der Waals surface area (Å²) >= 11 is 6.28. The van der Waals surface area contributed by atoms with Crippen LogP contribution in [0.5, 0.6) is 0 Å². The molecule has 2 aromatic rings. The van der Waals surface area contributed by atoms with Crippen molar-refractivity contribution < 1.29 is 14.4 Å². The molecule has 9 nitrogen and oxygen atoms in total. The van der Waals surface area contributed by atoms with Gasteiger partial charge in [0.15, 0.2) is 0 Å². The smallest absolute Gasteiger partial charge is 0.321 e. The summed E-state index contributed by atoms with van der Waals surface area (Å²) in [5.74, 6) is 0.676. The normalized spacial score (nSPS) is 19.2. The summed E-state index contributed by atoms with van der Waals surface area (Å²) < 4.78 is 0. The van der Waals surface area contributed by atoms with Crippen molar-refractivity contribution in [2.24, 2.45) is 5.16 Å². The predicted molar refractivity (Wildman–Crippen MR) is 140 cm³/mol. The van der Waals surface area contributed by atoms with Crippen molar-refractivity contribution in [3.05, 3.63) is 53.2 Å². The third-order valence-electron chi connectivity index (χ3n) is 7.24. The van der Waals surface area contributed by atoms with Gasteiger partial charge in [0.1, 0.15) is 17.1 Å². The van der Waals surface area contributed by atoms with E-state index < -0.39 is 5.60 Å². The molecule has 4 heterocycles. The minimum absolute atomic E-state index is 0.0744. The molecule has 1 aromatic carbocycles. The van der Waals surface area contributed by atoms with E-state index in [-0.39, 0.29) is 11.9 Å². The molecular formula is C26H31ClN6O3.